The Morgan fingerprint density at radius 1 is 0.941 bits per heavy atom. The molecule has 0 fully saturated rings. The predicted octanol–water partition coefficient (Wildman–Crippen LogP) is 3.79. The fraction of sp³-hybridized carbons (Fsp3) is 0.600. The molecule has 0 aliphatic rings. The molecular formula is C15H24O2. The largest absolute Gasteiger partial charge is 0.377 e. The van der Waals surface area contributed by atoms with Crippen LogP contribution in [0.1, 0.15) is 38.3 Å². The first-order valence-corrected chi connectivity index (χ1v) is 6.45. The average Bonchev–Trinajstić information content (AvgIpc) is 2.31. The van der Waals surface area contributed by atoms with Gasteiger partial charge in [-0.3, -0.25) is 0 Å². The van der Waals surface area contributed by atoms with Gasteiger partial charge >= 0.3 is 0 Å². The molecule has 1 aromatic rings. The zero-order chi connectivity index (χ0) is 12.5. The second-order valence-electron chi connectivity index (χ2n) is 4.78. The Balaban J connectivity index is 2.29. The second kappa shape index (κ2) is 8.26. The molecule has 2 nitrogen and oxygen atoms in total. The topological polar surface area (TPSA) is 18.5 Å². The Hall–Kier alpha value is -0.860. The molecule has 0 unspecified atom stereocenters. The summed E-state index contributed by atoms with van der Waals surface area (Å²) in [6.07, 6.45) is 1.07. The van der Waals surface area contributed by atoms with Crippen LogP contribution in [0.5, 0.6) is 0 Å². The fourth-order valence-corrected chi connectivity index (χ4v) is 1.48. The molecule has 0 saturated carbocycles. The summed E-state index contributed by atoms with van der Waals surface area (Å²) in [5.41, 5.74) is 2.45. The van der Waals surface area contributed by atoms with Gasteiger partial charge in [-0.1, -0.05) is 45.0 Å². The Morgan fingerprint density at radius 2 is 1.47 bits per heavy atom. The van der Waals surface area contributed by atoms with Crippen LogP contribution >= 0.6 is 0 Å². The normalized spacial score (nSPS) is 11.1. The fourth-order valence-electron chi connectivity index (χ4n) is 1.48. The summed E-state index contributed by atoms with van der Waals surface area (Å²) in [6, 6.07) is 8.46. The molecule has 0 bridgehead atoms. The van der Waals surface area contributed by atoms with Crippen LogP contribution in [-0.4, -0.2) is 13.2 Å². The first-order valence-electron chi connectivity index (χ1n) is 6.45. The highest BCUT2D eigenvalue weighted by molar-refractivity contribution is 5.21. The number of benzene rings is 1. The van der Waals surface area contributed by atoms with Crippen LogP contribution in [0.25, 0.3) is 0 Å². The zero-order valence-corrected chi connectivity index (χ0v) is 11.2. The summed E-state index contributed by atoms with van der Waals surface area (Å²) in [5.74, 6) is 0.594. The Bertz CT molecular complexity index is 290. The van der Waals surface area contributed by atoms with E-state index in [-0.39, 0.29) is 0 Å². The highest BCUT2D eigenvalue weighted by Crippen LogP contribution is 2.08. The van der Waals surface area contributed by atoms with Crippen molar-refractivity contribution in [3.05, 3.63) is 35.4 Å². The van der Waals surface area contributed by atoms with Gasteiger partial charge in [0.25, 0.3) is 0 Å². The van der Waals surface area contributed by atoms with Crippen LogP contribution in [0, 0.1) is 5.92 Å². The van der Waals surface area contributed by atoms with E-state index < -0.39 is 0 Å². The van der Waals surface area contributed by atoms with Crippen LogP contribution in [0.2, 0.25) is 0 Å². The van der Waals surface area contributed by atoms with Crippen LogP contribution in [0.15, 0.2) is 24.3 Å². The molecule has 17 heavy (non-hydrogen) atoms. The van der Waals surface area contributed by atoms with Crippen LogP contribution in [0.3, 0.4) is 0 Å². The van der Waals surface area contributed by atoms with E-state index in [1.807, 2.05) is 0 Å². The summed E-state index contributed by atoms with van der Waals surface area (Å²) in [6.45, 7) is 9.51. The molecule has 0 N–H and O–H groups in total. The molecule has 0 atom stereocenters. The Kier molecular flexibility index (Phi) is 6.90. The summed E-state index contributed by atoms with van der Waals surface area (Å²) in [4.78, 5) is 0. The standard InChI is InChI=1S/C15H24O2/c1-4-9-16-11-14-5-7-15(8-6-14)12-17-10-13(2)3/h5-8,13H,4,9-12H2,1-3H3. The molecule has 0 spiro atoms. The van der Waals surface area contributed by atoms with E-state index in [1.165, 1.54) is 11.1 Å². The van der Waals surface area contributed by atoms with Crippen molar-refractivity contribution < 1.29 is 9.47 Å². The molecule has 0 amide bonds. The average molecular weight is 236 g/mol. The minimum atomic E-state index is 0.594. The highest BCUT2D eigenvalue weighted by Gasteiger charge is 1.97. The van der Waals surface area contributed by atoms with Gasteiger partial charge in [0.2, 0.25) is 0 Å². The lowest BCUT2D eigenvalue weighted by Gasteiger charge is -2.08. The first-order chi connectivity index (χ1) is 8.22. The lowest BCUT2D eigenvalue weighted by atomic mass is 10.1. The predicted molar refractivity (Wildman–Crippen MR) is 70.9 cm³/mol. The molecule has 0 aliphatic heterocycles. The maximum Gasteiger partial charge on any atom is 0.0717 e. The molecule has 0 radical (unpaired) electrons. The minimum Gasteiger partial charge on any atom is -0.377 e. The minimum absolute atomic E-state index is 0.594. The van der Waals surface area contributed by atoms with Crippen molar-refractivity contribution in [3.63, 3.8) is 0 Å². The van der Waals surface area contributed by atoms with Crippen LogP contribution in [0.4, 0.5) is 0 Å². The van der Waals surface area contributed by atoms with Crippen molar-refractivity contribution in [1.82, 2.24) is 0 Å². The van der Waals surface area contributed by atoms with Crippen LogP contribution in [-0.2, 0) is 22.7 Å². The van der Waals surface area contributed by atoms with Crippen molar-refractivity contribution >= 4 is 0 Å². The molecule has 0 aromatic heterocycles. The molecule has 1 rings (SSSR count). The van der Waals surface area contributed by atoms with E-state index in [4.69, 9.17) is 9.47 Å². The summed E-state index contributed by atoms with van der Waals surface area (Å²) in [5, 5.41) is 0. The van der Waals surface area contributed by atoms with Gasteiger partial charge in [0, 0.05) is 13.2 Å². The molecular weight excluding hydrogens is 212 g/mol. The van der Waals surface area contributed by atoms with E-state index in [0.717, 1.165) is 19.6 Å². The number of hydrogen-bond acceptors (Lipinski definition) is 2. The van der Waals surface area contributed by atoms with Crippen molar-refractivity contribution in [3.8, 4) is 0 Å². The van der Waals surface area contributed by atoms with E-state index >= 15 is 0 Å². The third kappa shape index (κ3) is 6.44. The lowest BCUT2D eigenvalue weighted by molar-refractivity contribution is 0.0969. The number of ether oxygens (including phenoxy) is 2. The van der Waals surface area contributed by atoms with Gasteiger partial charge in [-0.15, -0.1) is 0 Å². The molecule has 1 aromatic carbocycles. The number of hydrogen-bond donors (Lipinski definition) is 0. The maximum atomic E-state index is 5.59. The monoisotopic (exact) mass is 236 g/mol. The third-order valence-electron chi connectivity index (χ3n) is 2.36. The van der Waals surface area contributed by atoms with Crippen molar-refractivity contribution in [2.75, 3.05) is 13.2 Å². The smallest absolute Gasteiger partial charge is 0.0717 e. The van der Waals surface area contributed by atoms with E-state index in [1.54, 1.807) is 0 Å². The van der Waals surface area contributed by atoms with Crippen LogP contribution < -0.4 is 0 Å². The van der Waals surface area contributed by atoms with Gasteiger partial charge in [-0.2, -0.15) is 0 Å². The van der Waals surface area contributed by atoms with Gasteiger partial charge < -0.3 is 9.47 Å². The SMILES string of the molecule is CCCOCc1ccc(COCC(C)C)cc1. The molecule has 2 heteroatoms. The van der Waals surface area contributed by atoms with Gasteiger partial charge in [0.1, 0.15) is 0 Å². The summed E-state index contributed by atoms with van der Waals surface area (Å²) < 4.78 is 11.1. The zero-order valence-electron chi connectivity index (χ0n) is 11.2. The van der Waals surface area contributed by atoms with Gasteiger partial charge in [-0.25, -0.2) is 0 Å². The molecule has 0 heterocycles. The lowest BCUT2D eigenvalue weighted by Crippen LogP contribution is -2.02. The van der Waals surface area contributed by atoms with E-state index in [9.17, 15) is 0 Å². The molecule has 96 valence electrons. The van der Waals surface area contributed by atoms with Crippen molar-refractivity contribution in [2.45, 2.75) is 40.4 Å². The quantitative estimate of drug-likeness (QED) is 0.639. The Morgan fingerprint density at radius 3 is 1.94 bits per heavy atom. The first kappa shape index (κ1) is 14.2. The summed E-state index contributed by atoms with van der Waals surface area (Å²) >= 11 is 0. The van der Waals surface area contributed by atoms with Crippen molar-refractivity contribution in [2.24, 2.45) is 5.92 Å². The van der Waals surface area contributed by atoms with Crippen molar-refractivity contribution in [1.29, 1.82) is 0 Å². The number of rotatable bonds is 8. The third-order valence-corrected chi connectivity index (χ3v) is 2.36. The summed E-state index contributed by atoms with van der Waals surface area (Å²) in [7, 11) is 0. The highest BCUT2D eigenvalue weighted by atomic mass is 16.5. The molecule has 0 aliphatic carbocycles. The molecule has 0 saturated heterocycles. The second-order valence-corrected chi connectivity index (χ2v) is 4.78. The van der Waals surface area contributed by atoms with Gasteiger partial charge in [-0.05, 0) is 23.5 Å². The van der Waals surface area contributed by atoms with Gasteiger partial charge in [0.15, 0.2) is 0 Å². The van der Waals surface area contributed by atoms with E-state index in [2.05, 4.69) is 45.0 Å². The Labute approximate surface area is 105 Å². The van der Waals surface area contributed by atoms with Gasteiger partial charge in [0.05, 0.1) is 13.2 Å². The maximum absolute atomic E-state index is 5.59. The van der Waals surface area contributed by atoms with E-state index in [0.29, 0.717) is 19.1 Å².